The summed E-state index contributed by atoms with van der Waals surface area (Å²) in [5.41, 5.74) is 0. The third kappa shape index (κ3) is 3.37. The lowest BCUT2D eigenvalue weighted by atomic mass is 9.67. The third-order valence-corrected chi connectivity index (χ3v) is 6.39. The highest BCUT2D eigenvalue weighted by Gasteiger charge is 2.64. The molecule has 1 heterocycles. The molecule has 2 aliphatic carbocycles. The van der Waals surface area contributed by atoms with Crippen LogP contribution in [0.5, 0.6) is 0 Å². The minimum absolute atomic E-state index is 0.140. The van der Waals surface area contributed by atoms with Gasteiger partial charge in [-0.25, -0.2) is 0 Å². The Morgan fingerprint density at radius 1 is 1.17 bits per heavy atom. The summed E-state index contributed by atoms with van der Waals surface area (Å²) in [5.74, 6) is 1.20. The van der Waals surface area contributed by atoms with Crippen molar-refractivity contribution in [3.8, 4) is 0 Å². The number of hydrogen-bond donors (Lipinski definition) is 2. The van der Waals surface area contributed by atoms with Crippen molar-refractivity contribution in [3.05, 3.63) is 12.2 Å². The first-order chi connectivity index (χ1) is 11.1. The van der Waals surface area contributed by atoms with Crippen molar-refractivity contribution in [1.29, 1.82) is 0 Å². The molecule has 23 heavy (non-hydrogen) atoms. The van der Waals surface area contributed by atoms with Crippen LogP contribution in [0.15, 0.2) is 12.2 Å². The lowest BCUT2D eigenvalue weighted by Crippen LogP contribution is -2.53. The maximum atomic E-state index is 10.4. The Bertz CT molecular complexity index is 412. The van der Waals surface area contributed by atoms with E-state index in [9.17, 15) is 10.2 Å². The monoisotopic (exact) mass is 324 g/mol. The lowest BCUT2D eigenvalue weighted by molar-refractivity contribution is -0.270. The van der Waals surface area contributed by atoms with Crippen LogP contribution < -0.4 is 0 Å². The van der Waals surface area contributed by atoms with Crippen LogP contribution in [-0.4, -0.2) is 41.4 Å². The number of rotatable bonds is 7. The third-order valence-electron chi connectivity index (χ3n) is 6.39. The summed E-state index contributed by atoms with van der Waals surface area (Å²) in [6.45, 7) is 5.78. The zero-order valence-corrected chi connectivity index (χ0v) is 14.5. The Morgan fingerprint density at radius 3 is 2.52 bits per heavy atom. The van der Waals surface area contributed by atoms with E-state index in [0.29, 0.717) is 31.0 Å². The van der Waals surface area contributed by atoms with Gasteiger partial charge in [0.05, 0.1) is 25.4 Å². The Labute approximate surface area is 139 Å². The van der Waals surface area contributed by atoms with E-state index >= 15 is 0 Å². The first-order valence-corrected chi connectivity index (χ1v) is 9.42. The molecule has 0 bridgehead atoms. The van der Waals surface area contributed by atoms with Crippen LogP contribution in [0.25, 0.3) is 0 Å². The molecule has 1 aliphatic heterocycles. The SMILES string of the molecule is CCC(CC)CCC(O)C=CC1C(O)C[C@H]2[C@H]1CC21OCCO1. The van der Waals surface area contributed by atoms with E-state index in [4.69, 9.17) is 9.47 Å². The summed E-state index contributed by atoms with van der Waals surface area (Å²) >= 11 is 0. The van der Waals surface area contributed by atoms with Crippen molar-refractivity contribution in [2.45, 2.75) is 70.4 Å². The minimum Gasteiger partial charge on any atom is -0.392 e. The smallest absolute Gasteiger partial charge is 0.171 e. The standard InChI is InChI=1S/C19H32O4/c1-3-13(4-2)5-6-14(20)7-8-15-16-12-19(22-9-10-23-19)17(16)11-18(15)21/h7-8,13-18,20-21H,3-6,9-12H2,1-2H3/t14?,15?,16-,17-,18?/m0/s1. The van der Waals surface area contributed by atoms with Crippen LogP contribution in [0, 0.1) is 23.7 Å². The van der Waals surface area contributed by atoms with Gasteiger partial charge in [-0.1, -0.05) is 38.8 Å². The van der Waals surface area contributed by atoms with Crippen LogP contribution in [0.1, 0.15) is 52.4 Å². The first-order valence-electron chi connectivity index (χ1n) is 9.42. The molecule has 1 saturated heterocycles. The largest absolute Gasteiger partial charge is 0.392 e. The molecule has 2 saturated carbocycles. The van der Waals surface area contributed by atoms with Crippen LogP contribution in [0.4, 0.5) is 0 Å². The van der Waals surface area contributed by atoms with Gasteiger partial charge in [-0.15, -0.1) is 0 Å². The topological polar surface area (TPSA) is 58.9 Å². The van der Waals surface area contributed by atoms with Gasteiger partial charge in [-0.3, -0.25) is 0 Å². The fourth-order valence-electron chi connectivity index (χ4n) is 4.78. The predicted molar refractivity (Wildman–Crippen MR) is 88.8 cm³/mol. The molecule has 3 fully saturated rings. The molecule has 3 unspecified atom stereocenters. The molecule has 132 valence electrons. The zero-order valence-electron chi connectivity index (χ0n) is 14.5. The number of aliphatic hydroxyl groups is 2. The summed E-state index contributed by atoms with van der Waals surface area (Å²) < 4.78 is 11.6. The molecular weight excluding hydrogens is 292 g/mol. The van der Waals surface area contributed by atoms with E-state index in [1.165, 1.54) is 12.8 Å². The molecule has 0 aromatic rings. The van der Waals surface area contributed by atoms with Gasteiger partial charge in [0.2, 0.25) is 0 Å². The Balaban J connectivity index is 1.50. The Kier molecular flexibility index (Phi) is 5.46. The fraction of sp³-hybridized carbons (Fsp3) is 0.895. The second-order valence-electron chi connectivity index (χ2n) is 7.58. The van der Waals surface area contributed by atoms with E-state index in [0.717, 1.165) is 25.7 Å². The number of aliphatic hydroxyl groups excluding tert-OH is 2. The predicted octanol–water partition coefficient (Wildman–Crippen LogP) is 2.88. The molecule has 0 amide bonds. The van der Waals surface area contributed by atoms with Crippen LogP contribution in [0.3, 0.4) is 0 Å². The summed E-state index contributed by atoms with van der Waals surface area (Å²) in [4.78, 5) is 0. The molecule has 4 nitrogen and oxygen atoms in total. The average molecular weight is 324 g/mol. The van der Waals surface area contributed by atoms with Gasteiger partial charge in [-0.05, 0) is 31.1 Å². The van der Waals surface area contributed by atoms with Crippen LogP contribution >= 0.6 is 0 Å². The summed E-state index contributed by atoms with van der Waals surface area (Å²) in [7, 11) is 0. The molecular formula is C19H32O4. The van der Waals surface area contributed by atoms with E-state index in [1.54, 1.807) is 0 Å². The Morgan fingerprint density at radius 2 is 1.87 bits per heavy atom. The highest BCUT2D eigenvalue weighted by Crippen LogP contribution is 2.60. The average Bonchev–Trinajstić information content (AvgIpc) is 3.12. The van der Waals surface area contributed by atoms with Crippen molar-refractivity contribution in [1.82, 2.24) is 0 Å². The van der Waals surface area contributed by atoms with Gasteiger partial charge in [0.25, 0.3) is 0 Å². The van der Waals surface area contributed by atoms with Gasteiger partial charge in [0.1, 0.15) is 0 Å². The molecule has 1 spiro atoms. The second-order valence-corrected chi connectivity index (χ2v) is 7.58. The highest BCUT2D eigenvalue weighted by molar-refractivity contribution is 5.14. The maximum Gasteiger partial charge on any atom is 0.171 e. The number of ether oxygens (including phenoxy) is 2. The van der Waals surface area contributed by atoms with Crippen molar-refractivity contribution >= 4 is 0 Å². The van der Waals surface area contributed by atoms with E-state index in [1.807, 2.05) is 6.08 Å². The van der Waals surface area contributed by atoms with Gasteiger partial charge in [-0.2, -0.15) is 0 Å². The van der Waals surface area contributed by atoms with E-state index in [-0.39, 0.29) is 12.0 Å². The summed E-state index contributed by atoms with van der Waals surface area (Å²) in [5, 5.41) is 20.6. The van der Waals surface area contributed by atoms with Gasteiger partial charge in [0.15, 0.2) is 5.79 Å². The first kappa shape index (κ1) is 17.4. The van der Waals surface area contributed by atoms with Gasteiger partial charge < -0.3 is 19.7 Å². The molecule has 5 atom stereocenters. The highest BCUT2D eigenvalue weighted by atomic mass is 16.7. The lowest BCUT2D eigenvalue weighted by Gasteiger charge is -2.49. The Hall–Kier alpha value is -0.420. The molecule has 0 aromatic heterocycles. The molecule has 0 aromatic carbocycles. The fourth-order valence-corrected chi connectivity index (χ4v) is 4.78. The maximum absolute atomic E-state index is 10.4. The normalized spacial score (nSPS) is 36.7. The number of hydrogen-bond acceptors (Lipinski definition) is 4. The van der Waals surface area contributed by atoms with Gasteiger partial charge >= 0.3 is 0 Å². The van der Waals surface area contributed by atoms with Crippen LogP contribution in [-0.2, 0) is 9.47 Å². The van der Waals surface area contributed by atoms with E-state index < -0.39 is 11.9 Å². The molecule has 3 rings (SSSR count). The summed E-state index contributed by atoms with van der Waals surface area (Å²) in [6.07, 6.45) is 9.11. The van der Waals surface area contributed by atoms with Gasteiger partial charge in [0, 0.05) is 18.3 Å². The zero-order chi connectivity index (χ0) is 16.4. The minimum atomic E-state index is -0.400. The quantitative estimate of drug-likeness (QED) is 0.707. The molecule has 2 N–H and O–H groups in total. The summed E-state index contributed by atoms with van der Waals surface area (Å²) in [6, 6.07) is 0. The second kappa shape index (κ2) is 7.22. The molecule has 3 aliphatic rings. The van der Waals surface area contributed by atoms with Crippen molar-refractivity contribution in [3.63, 3.8) is 0 Å². The molecule has 0 radical (unpaired) electrons. The van der Waals surface area contributed by atoms with Crippen molar-refractivity contribution in [2.75, 3.05) is 13.2 Å². The van der Waals surface area contributed by atoms with Crippen molar-refractivity contribution in [2.24, 2.45) is 23.7 Å². The van der Waals surface area contributed by atoms with Crippen molar-refractivity contribution < 1.29 is 19.7 Å². The van der Waals surface area contributed by atoms with Crippen LogP contribution in [0.2, 0.25) is 0 Å². The molecule has 4 heteroatoms. The van der Waals surface area contributed by atoms with E-state index in [2.05, 4.69) is 19.9 Å². The number of fused-ring (bicyclic) bond motifs is 2.